The Morgan fingerprint density at radius 2 is 1.41 bits per heavy atom. The summed E-state index contributed by atoms with van der Waals surface area (Å²) in [6.07, 6.45) is 0. The number of anilines is 3. The Morgan fingerprint density at radius 1 is 0.821 bits per heavy atom. The number of nitrogens with zero attached hydrogens (tertiary/aromatic N) is 1. The molecule has 0 aliphatic carbocycles. The molecule has 8 nitrogen and oxygen atoms in total. The van der Waals surface area contributed by atoms with E-state index >= 15 is 0 Å². The van der Waals surface area contributed by atoms with Gasteiger partial charge in [0.05, 0.1) is 21.2 Å². The minimum atomic E-state index is -4.21. The standard InChI is InChI=1S/C27H23ClFN3O5S2/c1-19-7-10-22(17-26(19)28)31-38(34,35)24-15-11-21(12-16-24)30-27(33)18-32(23-5-3-2-4-6-23)39(36,37)25-13-8-20(29)9-14-25/h2-17,31H,18H2,1H3,(H,30,33). The molecule has 0 unspecified atom stereocenters. The van der Waals surface area contributed by atoms with Crippen molar-refractivity contribution >= 4 is 54.6 Å². The van der Waals surface area contributed by atoms with Gasteiger partial charge in [-0.25, -0.2) is 21.2 Å². The molecule has 0 aliphatic rings. The highest BCUT2D eigenvalue weighted by Gasteiger charge is 2.27. The van der Waals surface area contributed by atoms with Gasteiger partial charge in [-0.05, 0) is 85.3 Å². The molecular weight excluding hydrogens is 565 g/mol. The van der Waals surface area contributed by atoms with Crippen LogP contribution in [0.25, 0.3) is 0 Å². The lowest BCUT2D eigenvalue weighted by Gasteiger charge is -2.24. The number of carbonyl (C=O) groups is 1. The molecule has 0 saturated heterocycles. The second-order valence-electron chi connectivity index (χ2n) is 8.44. The molecule has 2 N–H and O–H groups in total. The zero-order valence-corrected chi connectivity index (χ0v) is 22.9. The molecule has 1 amide bonds. The van der Waals surface area contributed by atoms with Crippen molar-refractivity contribution < 1.29 is 26.0 Å². The Morgan fingerprint density at radius 3 is 2.03 bits per heavy atom. The highest BCUT2D eigenvalue weighted by molar-refractivity contribution is 7.93. The molecule has 0 bridgehead atoms. The van der Waals surface area contributed by atoms with E-state index in [4.69, 9.17) is 11.6 Å². The SMILES string of the molecule is Cc1ccc(NS(=O)(=O)c2ccc(NC(=O)CN(c3ccccc3)S(=O)(=O)c3ccc(F)cc3)cc2)cc1Cl. The Balaban J connectivity index is 1.51. The molecule has 4 rings (SSSR count). The molecule has 12 heteroatoms. The van der Waals surface area contributed by atoms with Crippen molar-refractivity contribution in [1.82, 2.24) is 0 Å². The molecule has 0 aromatic heterocycles. The van der Waals surface area contributed by atoms with Gasteiger partial charge in [0.25, 0.3) is 20.0 Å². The molecule has 4 aromatic rings. The van der Waals surface area contributed by atoms with E-state index in [-0.39, 0.29) is 21.2 Å². The Bertz CT molecular complexity index is 1700. The van der Waals surface area contributed by atoms with Crippen LogP contribution in [0.5, 0.6) is 0 Å². The fraction of sp³-hybridized carbons (Fsp3) is 0.0741. The summed E-state index contributed by atoms with van der Waals surface area (Å²) >= 11 is 6.07. The van der Waals surface area contributed by atoms with Gasteiger partial charge in [0.2, 0.25) is 5.91 Å². The third-order valence-electron chi connectivity index (χ3n) is 5.61. The maximum atomic E-state index is 13.4. The molecule has 0 saturated carbocycles. The molecule has 0 atom stereocenters. The van der Waals surface area contributed by atoms with E-state index in [1.54, 1.807) is 37.3 Å². The fourth-order valence-electron chi connectivity index (χ4n) is 3.56. The Kier molecular flexibility index (Phi) is 8.24. The van der Waals surface area contributed by atoms with E-state index in [0.29, 0.717) is 10.7 Å². The third-order valence-corrected chi connectivity index (χ3v) is 9.20. The first-order valence-corrected chi connectivity index (χ1v) is 14.8. The second kappa shape index (κ2) is 11.4. The summed E-state index contributed by atoms with van der Waals surface area (Å²) in [5.74, 6) is -1.27. The van der Waals surface area contributed by atoms with Crippen LogP contribution in [-0.4, -0.2) is 29.3 Å². The van der Waals surface area contributed by atoms with Crippen molar-refractivity contribution in [1.29, 1.82) is 0 Å². The minimum Gasteiger partial charge on any atom is -0.325 e. The first-order chi connectivity index (χ1) is 18.5. The quantitative estimate of drug-likeness (QED) is 0.271. The van der Waals surface area contributed by atoms with Crippen molar-refractivity contribution in [2.45, 2.75) is 16.7 Å². The van der Waals surface area contributed by atoms with E-state index in [9.17, 15) is 26.0 Å². The summed E-state index contributed by atoms with van der Waals surface area (Å²) in [5.41, 5.74) is 1.59. The molecule has 0 aliphatic heterocycles. The van der Waals surface area contributed by atoms with E-state index < -0.39 is 38.3 Å². The van der Waals surface area contributed by atoms with Gasteiger partial charge in [0.1, 0.15) is 12.4 Å². The van der Waals surface area contributed by atoms with Crippen molar-refractivity contribution in [3.63, 3.8) is 0 Å². The molecule has 202 valence electrons. The van der Waals surface area contributed by atoms with Crippen molar-refractivity contribution in [2.24, 2.45) is 0 Å². The number of amides is 1. The first-order valence-electron chi connectivity index (χ1n) is 11.5. The smallest absolute Gasteiger partial charge is 0.264 e. The Labute approximate surface area is 231 Å². The average molecular weight is 588 g/mol. The lowest BCUT2D eigenvalue weighted by Crippen LogP contribution is -2.38. The van der Waals surface area contributed by atoms with Gasteiger partial charge in [-0.15, -0.1) is 0 Å². The van der Waals surface area contributed by atoms with E-state index in [1.807, 2.05) is 0 Å². The molecule has 0 heterocycles. The van der Waals surface area contributed by atoms with Gasteiger partial charge >= 0.3 is 0 Å². The van der Waals surface area contributed by atoms with Crippen LogP contribution in [0.3, 0.4) is 0 Å². The molecule has 0 fully saturated rings. The Hall–Kier alpha value is -3.93. The van der Waals surface area contributed by atoms with Crippen LogP contribution in [0, 0.1) is 12.7 Å². The summed E-state index contributed by atoms with van der Waals surface area (Å²) in [6.45, 7) is 1.21. The van der Waals surface area contributed by atoms with Crippen LogP contribution in [0.4, 0.5) is 21.5 Å². The highest BCUT2D eigenvalue weighted by atomic mass is 35.5. The predicted molar refractivity (Wildman–Crippen MR) is 149 cm³/mol. The number of aryl methyl sites for hydroxylation is 1. The van der Waals surface area contributed by atoms with Gasteiger partial charge in [-0.2, -0.15) is 0 Å². The highest BCUT2D eigenvalue weighted by Crippen LogP contribution is 2.25. The zero-order chi connectivity index (χ0) is 28.2. The van der Waals surface area contributed by atoms with Crippen LogP contribution in [0.2, 0.25) is 5.02 Å². The van der Waals surface area contributed by atoms with Crippen molar-refractivity contribution in [3.05, 3.63) is 113 Å². The first kappa shape index (κ1) is 28.1. The number of hydrogen-bond acceptors (Lipinski definition) is 5. The summed E-state index contributed by atoms with van der Waals surface area (Å²) in [6, 6.07) is 22.4. The maximum Gasteiger partial charge on any atom is 0.264 e. The topological polar surface area (TPSA) is 113 Å². The monoisotopic (exact) mass is 587 g/mol. The summed E-state index contributed by atoms with van der Waals surface area (Å²) in [7, 11) is -8.14. The molecular formula is C27H23ClFN3O5S2. The number of sulfonamides is 2. The molecule has 39 heavy (non-hydrogen) atoms. The number of hydrogen-bond donors (Lipinski definition) is 2. The maximum absolute atomic E-state index is 13.4. The minimum absolute atomic E-state index is 0.0537. The zero-order valence-electron chi connectivity index (χ0n) is 20.5. The predicted octanol–water partition coefficient (Wildman–Crippen LogP) is 5.42. The van der Waals surface area contributed by atoms with E-state index in [0.717, 1.165) is 34.1 Å². The number of halogens is 2. The molecule has 0 spiro atoms. The summed E-state index contributed by atoms with van der Waals surface area (Å²) in [5, 5.41) is 3.00. The number of benzene rings is 4. The second-order valence-corrected chi connectivity index (χ2v) is 12.4. The van der Waals surface area contributed by atoms with Crippen LogP contribution >= 0.6 is 11.6 Å². The third kappa shape index (κ3) is 6.75. The van der Waals surface area contributed by atoms with Crippen molar-refractivity contribution in [3.8, 4) is 0 Å². The molecule has 4 aromatic carbocycles. The number of rotatable bonds is 9. The van der Waals surface area contributed by atoms with E-state index in [1.165, 1.54) is 42.5 Å². The number of carbonyl (C=O) groups excluding carboxylic acids is 1. The van der Waals surface area contributed by atoms with Gasteiger partial charge < -0.3 is 5.32 Å². The molecule has 0 radical (unpaired) electrons. The van der Waals surface area contributed by atoms with Gasteiger partial charge in [-0.1, -0.05) is 35.9 Å². The van der Waals surface area contributed by atoms with Gasteiger partial charge in [0.15, 0.2) is 0 Å². The van der Waals surface area contributed by atoms with Gasteiger partial charge in [0, 0.05) is 10.7 Å². The van der Waals surface area contributed by atoms with Crippen molar-refractivity contribution in [2.75, 3.05) is 20.9 Å². The van der Waals surface area contributed by atoms with Crippen LogP contribution in [0.1, 0.15) is 5.56 Å². The van der Waals surface area contributed by atoms with Crippen LogP contribution < -0.4 is 14.3 Å². The number of para-hydroxylation sites is 1. The largest absolute Gasteiger partial charge is 0.325 e. The number of nitrogens with one attached hydrogen (secondary N) is 2. The fourth-order valence-corrected chi connectivity index (χ4v) is 6.21. The van der Waals surface area contributed by atoms with Crippen LogP contribution in [-0.2, 0) is 24.8 Å². The van der Waals surface area contributed by atoms with Crippen LogP contribution in [0.15, 0.2) is 107 Å². The summed E-state index contributed by atoms with van der Waals surface area (Å²) in [4.78, 5) is 12.7. The van der Waals surface area contributed by atoms with Gasteiger partial charge in [-0.3, -0.25) is 13.8 Å². The van der Waals surface area contributed by atoms with E-state index in [2.05, 4.69) is 10.0 Å². The lowest BCUT2D eigenvalue weighted by molar-refractivity contribution is -0.114. The average Bonchev–Trinajstić information content (AvgIpc) is 2.90. The lowest BCUT2D eigenvalue weighted by atomic mass is 10.2. The summed E-state index contributed by atoms with van der Waals surface area (Å²) < 4.78 is 68.9. The normalized spacial score (nSPS) is 11.6.